The molecule has 0 saturated heterocycles. The van der Waals surface area contributed by atoms with Gasteiger partial charge in [0, 0.05) is 0 Å². The zero-order chi connectivity index (χ0) is 13.6. The van der Waals surface area contributed by atoms with Gasteiger partial charge >= 0.3 is 19.5 Å². The Kier molecular flexibility index (Phi) is 17.3. The van der Waals surface area contributed by atoms with E-state index in [0.29, 0.717) is 0 Å². The molecule has 0 N–H and O–H groups in total. The number of hydrogen-bond acceptors (Lipinski definition) is 0. The SMILES string of the molecule is PC1CCCCC1.[CH-]1CCCCC1.[CH-]1CCCCC1.[Rh+2]. The van der Waals surface area contributed by atoms with Crippen molar-refractivity contribution < 1.29 is 19.5 Å². The molecule has 3 saturated carbocycles. The minimum Gasteiger partial charge on any atom is -0.328 e. The van der Waals surface area contributed by atoms with E-state index in [4.69, 9.17) is 0 Å². The Hall–Kier alpha value is 1.05. The van der Waals surface area contributed by atoms with Gasteiger partial charge in [-0.1, -0.05) is 57.8 Å². The minimum absolute atomic E-state index is 0. The van der Waals surface area contributed by atoms with Crippen molar-refractivity contribution >= 4 is 9.24 Å². The summed E-state index contributed by atoms with van der Waals surface area (Å²) >= 11 is 0. The van der Waals surface area contributed by atoms with Gasteiger partial charge in [-0.3, -0.25) is 0 Å². The monoisotopic (exact) mass is 385 g/mol. The van der Waals surface area contributed by atoms with Crippen molar-refractivity contribution in [1.82, 2.24) is 0 Å². The largest absolute Gasteiger partial charge is 2.00 e. The Balaban J connectivity index is 0.000000265. The molecule has 20 heavy (non-hydrogen) atoms. The molecule has 3 rings (SSSR count). The molecule has 1 atom stereocenters. The van der Waals surface area contributed by atoms with E-state index in [1.165, 1.54) is 96.3 Å². The molecule has 1 unspecified atom stereocenters. The molecule has 121 valence electrons. The molecule has 0 aliphatic heterocycles. The maximum Gasteiger partial charge on any atom is 2.00 e. The van der Waals surface area contributed by atoms with Crippen LogP contribution in [0.1, 0.15) is 96.3 Å². The van der Waals surface area contributed by atoms with Crippen molar-refractivity contribution in [2.45, 2.75) is 102 Å². The van der Waals surface area contributed by atoms with Gasteiger partial charge in [0.2, 0.25) is 0 Å². The Morgan fingerprint density at radius 3 is 1.05 bits per heavy atom. The van der Waals surface area contributed by atoms with Crippen LogP contribution in [0.5, 0.6) is 0 Å². The van der Waals surface area contributed by atoms with Crippen molar-refractivity contribution in [3.8, 4) is 0 Å². The van der Waals surface area contributed by atoms with Crippen LogP contribution in [-0.2, 0) is 19.5 Å². The number of rotatable bonds is 0. The van der Waals surface area contributed by atoms with Gasteiger partial charge in [0.05, 0.1) is 0 Å². The Morgan fingerprint density at radius 2 is 0.900 bits per heavy atom. The van der Waals surface area contributed by atoms with Crippen LogP contribution >= 0.6 is 9.24 Å². The average Bonchev–Trinajstić information content (AvgIpc) is 2.53. The van der Waals surface area contributed by atoms with E-state index in [9.17, 15) is 0 Å². The first-order valence-electron chi connectivity index (χ1n) is 8.78. The van der Waals surface area contributed by atoms with Gasteiger partial charge in [0.1, 0.15) is 0 Å². The molecule has 0 aromatic rings. The van der Waals surface area contributed by atoms with Gasteiger partial charge < -0.3 is 12.8 Å². The van der Waals surface area contributed by atoms with Gasteiger partial charge in [0.15, 0.2) is 0 Å². The average molecular weight is 385 g/mol. The fraction of sp³-hybridized carbons (Fsp3) is 0.889. The Labute approximate surface area is 143 Å². The zero-order valence-corrected chi connectivity index (χ0v) is 16.0. The molecule has 0 aromatic carbocycles. The van der Waals surface area contributed by atoms with Crippen LogP contribution in [0, 0.1) is 12.8 Å². The van der Waals surface area contributed by atoms with Crippen LogP contribution in [0.3, 0.4) is 0 Å². The fourth-order valence-electron chi connectivity index (χ4n) is 2.93. The molecular weight excluding hydrogens is 350 g/mol. The zero-order valence-electron chi connectivity index (χ0n) is 13.2. The van der Waals surface area contributed by atoms with Crippen LogP contribution in [0.2, 0.25) is 0 Å². The smallest absolute Gasteiger partial charge is 0.328 e. The van der Waals surface area contributed by atoms with E-state index in [-0.39, 0.29) is 19.5 Å². The van der Waals surface area contributed by atoms with Crippen molar-refractivity contribution in [2.24, 2.45) is 0 Å². The molecule has 0 spiro atoms. The first kappa shape index (κ1) is 21.1. The van der Waals surface area contributed by atoms with Crippen molar-refractivity contribution in [3.63, 3.8) is 0 Å². The second kappa shape index (κ2) is 16.4. The summed E-state index contributed by atoms with van der Waals surface area (Å²) in [7, 11) is 2.91. The van der Waals surface area contributed by atoms with Crippen LogP contribution in [-0.4, -0.2) is 5.66 Å². The molecule has 0 heterocycles. The normalized spacial score (nSPS) is 23.2. The van der Waals surface area contributed by atoms with Gasteiger partial charge in [0.25, 0.3) is 0 Å². The molecule has 1 radical (unpaired) electrons. The summed E-state index contributed by atoms with van der Waals surface area (Å²) in [6.07, 6.45) is 26.3. The van der Waals surface area contributed by atoms with E-state index in [2.05, 4.69) is 22.1 Å². The van der Waals surface area contributed by atoms with Gasteiger partial charge in [-0.15, -0.1) is 9.24 Å². The molecule has 3 aliphatic rings. The van der Waals surface area contributed by atoms with E-state index >= 15 is 0 Å². The van der Waals surface area contributed by atoms with E-state index < -0.39 is 0 Å². The fourth-order valence-corrected chi connectivity index (χ4v) is 3.40. The molecule has 0 bridgehead atoms. The predicted molar refractivity (Wildman–Crippen MR) is 91.4 cm³/mol. The summed E-state index contributed by atoms with van der Waals surface area (Å²) in [6.45, 7) is 0. The third-order valence-electron chi connectivity index (χ3n) is 4.28. The second-order valence-corrected chi connectivity index (χ2v) is 7.19. The molecule has 0 nitrogen and oxygen atoms in total. The summed E-state index contributed by atoms with van der Waals surface area (Å²) in [5.74, 6) is 0. The second-order valence-electron chi connectivity index (χ2n) is 6.25. The van der Waals surface area contributed by atoms with Crippen molar-refractivity contribution in [2.75, 3.05) is 0 Å². The molecule has 2 heteroatoms. The maximum atomic E-state index is 2.91. The quantitative estimate of drug-likeness (QED) is 0.254. The number of hydrogen-bond donors (Lipinski definition) is 0. The summed E-state index contributed by atoms with van der Waals surface area (Å²) in [5, 5.41) is 0. The first-order valence-corrected chi connectivity index (χ1v) is 9.45. The van der Waals surface area contributed by atoms with Crippen LogP contribution in [0.25, 0.3) is 0 Å². The topological polar surface area (TPSA) is 0 Å². The standard InChI is InChI=1S/C6H13P.2C6H11.Rh/c7-6-4-2-1-3-5-6;2*1-2-4-6-5-3-1;/h6H,1-5,7H2;2*1H,2-6H2;/q;2*-1;+2. The van der Waals surface area contributed by atoms with Crippen LogP contribution in [0.4, 0.5) is 0 Å². The molecule has 0 amide bonds. The summed E-state index contributed by atoms with van der Waals surface area (Å²) < 4.78 is 0. The molecule has 3 aliphatic carbocycles. The van der Waals surface area contributed by atoms with E-state index in [0.717, 1.165) is 5.66 Å². The van der Waals surface area contributed by atoms with Gasteiger partial charge in [-0.25, -0.2) is 0 Å². The Bertz CT molecular complexity index is 135. The molecule has 0 aromatic heterocycles. The van der Waals surface area contributed by atoms with Gasteiger partial charge in [-0.05, 0) is 18.5 Å². The summed E-state index contributed by atoms with van der Waals surface area (Å²) in [4.78, 5) is 0. The van der Waals surface area contributed by atoms with Gasteiger partial charge in [-0.2, -0.15) is 25.7 Å². The molecular formula is C18H35PRh. The van der Waals surface area contributed by atoms with Crippen LogP contribution < -0.4 is 0 Å². The first-order chi connectivity index (χ1) is 9.39. The van der Waals surface area contributed by atoms with E-state index in [1.54, 1.807) is 0 Å². The predicted octanol–water partition coefficient (Wildman–Crippen LogP) is 6.50. The molecule has 3 fully saturated rings. The van der Waals surface area contributed by atoms with Crippen LogP contribution in [0.15, 0.2) is 0 Å². The van der Waals surface area contributed by atoms with Crippen molar-refractivity contribution in [3.05, 3.63) is 12.8 Å². The summed E-state index contributed by atoms with van der Waals surface area (Å²) in [6, 6.07) is 0. The van der Waals surface area contributed by atoms with E-state index in [1.807, 2.05) is 0 Å². The van der Waals surface area contributed by atoms with Crippen molar-refractivity contribution in [1.29, 1.82) is 0 Å². The Morgan fingerprint density at radius 1 is 0.550 bits per heavy atom. The minimum atomic E-state index is 0. The third kappa shape index (κ3) is 14.0. The maximum absolute atomic E-state index is 2.91. The third-order valence-corrected chi connectivity index (χ3v) is 4.95. The summed E-state index contributed by atoms with van der Waals surface area (Å²) in [5.41, 5.74) is 0.953.